The Hall–Kier alpha value is -3.73. The third-order valence-electron chi connectivity index (χ3n) is 5.19. The van der Waals surface area contributed by atoms with E-state index in [1.54, 1.807) is 14.2 Å². The fourth-order valence-corrected chi connectivity index (χ4v) is 3.72. The summed E-state index contributed by atoms with van der Waals surface area (Å²) >= 11 is 0. The molecular weight excluding hydrogens is 364 g/mol. The van der Waals surface area contributed by atoms with Crippen LogP contribution in [-0.2, 0) is 6.54 Å². The summed E-state index contributed by atoms with van der Waals surface area (Å²) in [5.41, 5.74) is 5.16. The minimum atomic E-state index is 0.554. The van der Waals surface area contributed by atoms with Gasteiger partial charge in [0.25, 0.3) is 0 Å². The maximum Gasteiger partial charge on any atom is 0.210 e. The van der Waals surface area contributed by atoms with Crippen LogP contribution in [0.5, 0.6) is 11.5 Å². The van der Waals surface area contributed by atoms with E-state index >= 15 is 0 Å². The van der Waals surface area contributed by atoms with E-state index < -0.39 is 0 Å². The molecule has 0 amide bonds. The van der Waals surface area contributed by atoms with Crippen LogP contribution < -0.4 is 9.47 Å². The van der Waals surface area contributed by atoms with Crippen molar-refractivity contribution in [2.75, 3.05) is 14.2 Å². The van der Waals surface area contributed by atoms with Crippen molar-refractivity contribution in [2.24, 2.45) is 4.99 Å². The average Bonchev–Trinajstić information content (AvgIpc) is 3.35. The summed E-state index contributed by atoms with van der Waals surface area (Å²) in [7, 11) is 3.34. The number of aliphatic imine (C=N–C) groups is 1. The molecule has 0 saturated heterocycles. The molecule has 0 radical (unpaired) electrons. The van der Waals surface area contributed by atoms with Crippen molar-refractivity contribution >= 4 is 6.21 Å². The van der Waals surface area contributed by atoms with Gasteiger partial charge in [0.1, 0.15) is 17.3 Å². The van der Waals surface area contributed by atoms with Crippen LogP contribution in [0.3, 0.4) is 0 Å². The molecule has 0 unspecified atom stereocenters. The standard InChI is InChI=1S/C24H20N2O3/c1-27-19-9-5-16(6-10-19)22-21-15-25-14-18-4-3-13-26(18)24(21)29-23(22)17-7-11-20(28-2)12-8-17/h3-14H,15H2,1-2H3. The van der Waals surface area contributed by atoms with Crippen LogP contribution in [0.15, 0.2) is 76.3 Å². The number of benzene rings is 2. The average molecular weight is 384 g/mol. The lowest BCUT2D eigenvalue weighted by Gasteiger charge is -2.07. The molecule has 5 heteroatoms. The van der Waals surface area contributed by atoms with Gasteiger partial charge in [0.2, 0.25) is 5.88 Å². The van der Waals surface area contributed by atoms with Crippen molar-refractivity contribution in [1.29, 1.82) is 0 Å². The Labute approximate surface area is 168 Å². The van der Waals surface area contributed by atoms with Crippen molar-refractivity contribution in [3.63, 3.8) is 0 Å². The normalized spacial score (nSPS) is 12.2. The predicted molar refractivity (Wildman–Crippen MR) is 113 cm³/mol. The van der Waals surface area contributed by atoms with Crippen LogP contribution in [-0.4, -0.2) is 25.0 Å². The summed E-state index contributed by atoms with van der Waals surface area (Å²) in [6, 6.07) is 20.0. The molecule has 0 atom stereocenters. The monoisotopic (exact) mass is 384 g/mol. The molecule has 0 bridgehead atoms. The van der Waals surface area contributed by atoms with Crippen LogP contribution in [0.4, 0.5) is 0 Å². The maximum atomic E-state index is 6.48. The smallest absolute Gasteiger partial charge is 0.210 e. The van der Waals surface area contributed by atoms with Gasteiger partial charge >= 0.3 is 0 Å². The molecule has 5 rings (SSSR count). The molecule has 2 aromatic heterocycles. The van der Waals surface area contributed by atoms with E-state index in [1.165, 1.54) is 0 Å². The van der Waals surface area contributed by atoms with Crippen molar-refractivity contribution in [2.45, 2.75) is 6.54 Å². The first kappa shape index (κ1) is 17.4. The Bertz CT molecular complexity index is 1180. The molecule has 0 N–H and O–H groups in total. The van der Waals surface area contributed by atoms with Gasteiger partial charge in [-0.05, 0) is 54.1 Å². The van der Waals surface area contributed by atoms with E-state index in [1.807, 2.05) is 65.5 Å². The molecule has 4 aromatic rings. The van der Waals surface area contributed by atoms with Crippen LogP contribution >= 0.6 is 0 Å². The van der Waals surface area contributed by atoms with Gasteiger partial charge < -0.3 is 13.9 Å². The zero-order chi connectivity index (χ0) is 19.8. The van der Waals surface area contributed by atoms with Crippen molar-refractivity contribution in [3.8, 4) is 39.8 Å². The summed E-state index contributed by atoms with van der Waals surface area (Å²) in [5.74, 6) is 3.25. The molecule has 29 heavy (non-hydrogen) atoms. The van der Waals surface area contributed by atoms with E-state index in [9.17, 15) is 0 Å². The highest BCUT2D eigenvalue weighted by Gasteiger charge is 2.25. The third kappa shape index (κ3) is 2.91. The summed E-state index contributed by atoms with van der Waals surface area (Å²) < 4.78 is 19.2. The minimum absolute atomic E-state index is 0.554. The first-order valence-corrected chi connectivity index (χ1v) is 9.40. The lowest BCUT2D eigenvalue weighted by molar-refractivity contribution is 0.414. The number of hydrogen-bond acceptors (Lipinski definition) is 4. The predicted octanol–water partition coefficient (Wildman–Crippen LogP) is 5.35. The zero-order valence-corrected chi connectivity index (χ0v) is 16.3. The van der Waals surface area contributed by atoms with Gasteiger partial charge in [0.15, 0.2) is 0 Å². The number of nitrogens with zero attached hydrogens (tertiary/aromatic N) is 2. The SMILES string of the molecule is COc1ccc(-c2oc3c(c2-c2ccc(OC)cc2)CN=Cc2cccn2-3)cc1. The second kappa shape index (κ2) is 7.02. The van der Waals surface area contributed by atoms with Crippen molar-refractivity contribution < 1.29 is 13.9 Å². The zero-order valence-electron chi connectivity index (χ0n) is 16.3. The second-order valence-corrected chi connectivity index (χ2v) is 6.82. The van der Waals surface area contributed by atoms with Crippen LogP contribution in [0.1, 0.15) is 11.3 Å². The quantitative estimate of drug-likeness (QED) is 0.476. The molecule has 0 spiro atoms. The largest absolute Gasteiger partial charge is 0.497 e. The number of furan rings is 1. The van der Waals surface area contributed by atoms with Crippen molar-refractivity contribution in [1.82, 2.24) is 4.57 Å². The van der Waals surface area contributed by atoms with Gasteiger partial charge in [0, 0.05) is 29.1 Å². The number of aromatic nitrogens is 1. The summed E-state index contributed by atoms with van der Waals surface area (Å²) in [4.78, 5) is 4.63. The molecule has 2 aromatic carbocycles. The summed E-state index contributed by atoms with van der Waals surface area (Å²) in [6.07, 6.45) is 3.89. The van der Waals surface area contributed by atoms with Gasteiger partial charge in [-0.25, -0.2) is 0 Å². The van der Waals surface area contributed by atoms with E-state index in [0.29, 0.717) is 6.54 Å². The van der Waals surface area contributed by atoms with E-state index in [2.05, 4.69) is 17.1 Å². The number of methoxy groups -OCH3 is 2. The highest BCUT2D eigenvalue weighted by Crippen LogP contribution is 2.42. The van der Waals surface area contributed by atoms with Gasteiger partial charge in [-0.15, -0.1) is 0 Å². The molecule has 0 aliphatic carbocycles. The van der Waals surface area contributed by atoms with E-state index in [-0.39, 0.29) is 0 Å². The number of rotatable bonds is 4. The summed E-state index contributed by atoms with van der Waals surface area (Å²) in [5, 5.41) is 0. The Morgan fingerprint density at radius 3 is 2.17 bits per heavy atom. The molecule has 0 saturated carbocycles. The van der Waals surface area contributed by atoms with Gasteiger partial charge in [0.05, 0.1) is 26.5 Å². The minimum Gasteiger partial charge on any atom is -0.497 e. The molecule has 5 nitrogen and oxygen atoms in total. The summed E-state index contributed by atoms with van der Waals surface area (Å²) in [6.45, 7) is 0.554. The Morgan fingerprint density at radius 2 is 1.52 bits per heavy atom. The third-order valence-corrected chi connectivity index (χ3v) is 5.19. The fourth-order valence-electron chi connectivity index (χ4n) is 3.72. The topological polar surface area (TPSA) is 48.9 Å². The molecule has 1 aliphatic heterocycles. The Balaban J connectivity index is 1.75. The van der Waals surface area contributed by atoms with E-state index in [0.717, 1.165) is 51.1 Å². The number of hydrogen-bond donors (Lipinski definition) is 0. The van der Waals surface area contributed by atoms with Crippen molar-refractivity contribution in [3.05, 3.63) is 78.1 Å². The lowest BCUT2D eigenvalue weighted by atomic mass is 9.97. The van der Waals surface area contributed by atoms with Gasteiger partial charge in [-0.1, -0.05) is 12.1 Å². The Kier molecular flexibility index (Phi) is 4.21. The molecule has 1 aliphatic rings. The maximum absolute atomic E-state index is 6.48. The highest BCUT2D eigenvalue weighted by atomic mass is 16.5. The first-order valence-electron chi connectivity index (χ1n) is 9.40. The molecule has 144 valence electrons. The Morgan fingerprint density at radius 1 is 0.862 bits per heavy atom. The van der Waals surface area contributed by atoms with Gasteiger partial charge in [-0.2, -0.15) is 0 Å². The van der Waals surface area contributed by atoms with Gasteiger partial charge in [-0.3, -0.25) is 9.56 Å². The number of ether oxygens (including phenoxy) is 2. The number of fused-ring (bicyclic) bond motifs is 3. The van der Waals surface area contributed by atoms with Crippen LogP contribution in [0.25, 0.3) is 28.3 Å². The highest BCUT2D eigenvalue weighted by molar-refractivity contribution is 5.87. The second-order valence-electron chi connectivity index (χ2n) is 6.82. The first-order chi connectivity index (χ1) is 14.3. The molecular formula is C24H20N2O3. The lowest BCUT2D eigenvalue weighted by Crippen LogP contribution is -1.96. The van der Waals surface area contributed by atoms with Crippen LogP contribution in [0, 0.1) is 0 Å². The molecule has 0 fully saturated rings. The van der Waals surface area contributed by atoms with E-state index in [4.69, 9.17) is 13.9 Å². The van der Waals surface area contributed by atoms with Crippen LogP contribution in [0.2, 0.25) is 0 Å². The fraction of sp³-hybridized carbons (Fsp3) is 0.125. The molecule has 3 heterocycles.